The maximum atomic E-state index is 11.2. The zero-order valence-corrected chi connectivity index (χ0v) is 11.5. The summed E-state index contributed by atoms with van der Waals surface area (Å²) in [5, 5.41) is 9.21. The van der Waals surface area contributed by atoms with Crippen LogP contribution in [-0.2, 0) is 9.53 Å². The molecule has 2 unspecified atom stereocenters. The number of hydrogen-bond donors (Lipinski definition) is 1. The van der Waals surface area contributed by atoms with Crippen molar-refractivity contribution in [1.82, 2.24) is 0 Å². The highest BCUT2D eigenvalue weighted by Crippen LogP contribution is 2.43. The van der Waals surface area contributed by atoms with Gasteiger partial charge < -0.3 is 9.84 Å². The van der Waals surface area contributed by atoms with Crippen LogP contribution in [0.1, 0.15) is 71.1 Å². The molecule has 0 radical (unpaired) electrons. The van der Waals surface area contributed by atoms with Crippen LogP contribution in [0, 0.1) is 5.92 Å². The van der Waals surface area contributed by atoms with Gasteiger partial charge in [0.2, 0.25) is 0 Å². The van der Waals surface area contributed by atoms with E-state index in [1.807, 2.05) is 6.92 Å². The molecular weight excluding hydrogens is 228 g/mol. The molecule has 2 fully saturated rings. The van der Waals surface area contributed by atoms with Crippen LogP contribution in [0.15, 0.2) is 0 Å². The Labute approximate surface area is 110 Å². The number of hydrogen-bond acceptors (Lipinski definition) is 2. The summed E-state index contributed by atoms with van der Waals surface area (Å²) in [6, 6.07) is 0. The third kappa shape index (κ3) is 3.25. The number of carboxylic acids is 1. The first-order valence-electron chi connectivity index (χ1n) is 7.56. The zero-order valence-electron chi connectivity index (χ0n) is 11.5. The average Bonchev–Trinajstić information content (AvgIpc) is 2.72. The topological polar surface area (TPSA) is 46.5 Å². The van der Waals surface area contributed by atoms with Crippen LogP contribution >= 0.6 is 0 Å². The Bertz CT molecular complexity index is 281. The van der Waals surface area contributed by atoms with Gasteiger partial charge in [-0.15, -0.1) is 0 Å². The molecule has 2 aliphatic rings. The molecule has 18 heavy (non-hydrogen) atoms. The normalized spacial score (nSPS) is 28.4. The summed E-state index contributed by atoms with van der Waals surface area (Å²) in [4.78, 5) is 11.2. The highest BCUT2D eigenvalue weighted by Gasteiger charge is 2.41. The molecule has 1 saturated heterocycles. The molecule has 0 aromatic carbocycles. The molecule has 0 aromatic rings. The number of carbonyl (C=O) groups is 1. The molecule has 0 aromatic heterocycles. The largest absolute Gasteiger partial charge is 0.481 e. The molecule has 0 amide bonds. The molecule has 2 rings (SSSR count). The van der Waals surface area contributed by atoms with Gasteiger partial charge in [-0.25, -0.2) is 0 Å². The van der Waals surface area contributed by atoms with Crippen LogP contribution in [0.2, 0.25) is 0 Å². The fourth-order valence-electron chi connectivity index (χ4n) is 3.63. The maximum absolute atomic E-state index is 11.2. The van der Waals surface area contributed by atoms with Gasteiger partial charge in [0, 0.05) is 0 Å². The third-order valence-electron chi connectivity index (χ3n) is 4.64. The summed E-state index contributed by atoms with van der Waals surface area (Å²) >= 11 is 0. The van der Waals surface area contributed by atoms with E-state index in [9.17, 15) is 9.90 Å². The van der Waals surface area contributed by atoms with Crippen molar-refractivity contribution in [3.63, 3.8) is 0 Å². The van der Waals surface area contributed by atoms with Crippen LogP contribution < -0.4 is 0 Å². The molecular formula is C15H26O3. The van der Waals surface area contributed by atoms with E-state index in [1.165, 1.54) is 32.1 Å². The first-order valence-corrected chi connectivity index (χ1v) is 7.56. The van der Waals surface area contributed by atoms with Gasteiger partial charge in [0.15, 0.2) is 0 Å². The van der Waals surface area contributed by atoms with Crippen LogP contribution in [-0.4, -0.2) is 22.8 Å². The van der Waals surface area contributed by atoms with E-state index in [4.69, 9.17) is 4.74 Å². The van der Waals surface area contributed by atoms with Crippen molar-refractivity contribution in [1.29, 1.82) is 0 Å². The molecule has 104 valence electrons. The van der Waals surface area contributed by atoms with Crippen LogP contribution in [0.3, 0.4) is 0 Å². The fraction of sp³-hybridized carbons (Fsp3) is 0.933. The lowest BCUT2D eigenvalue weighted by atomic mass is 9.83. The number of ether oxygens (including phenoxy) is 1. The minimum atomic E-state index is -0.648. The third-order valence-corrected chi connectivity index (χ3v) is 4.64. The van der Waals surface area contributed by atoms with Crippen LogP contribution in [0.4, 0.5) is 0 Å². The van der Waals surface area contributed by atoms with Gasteiger partial charge in [-0.05, 0) is 38.5 Å². The molecule has 1 aliphatic heterocycles. The van der Waals surface area contributed by atoms with E-state index in [2.05, 4.69) is 0 Å². The molecule has 1 saturated carbocycles. The van der Waals surface area contributed by atoms with E-state index in [0.717, 1.165) is 25.7 Å². The summed E-state index contributed by atoms with van der Waals surface area (Å²) in [6.07, 6.45) is 11.1. The Morgan fingerprint density at radius 2 is 2.06 bits per heavy atom. The first-order chi connectivity index (χ1) is 8.65. The molecule has 3 nitrogen and oxygen atoms in total. The van der Waals surface area contributed by atoms with Crippen molar-refractivity contribution in [2.24, 2.45) is 5.92 Å². The minimum absolute atomic E-state index is 0.123. The fourth-order valence-corrected chi connectivity index (χ4v) is 3.63. The van der Waals surface area contributed by atoms with Gasteiger partial charge in [-0.3, -0.25) is 4.79 Å². The second kappa shape index (κ2) is 6.05. The van der Waals surface area contributed by atoms with E-state index in [-0.39, 0.29) is 17.6 Å². The molecule has 1 spiro atoms. The Hall–Kier alpha value is -0.570. The quantitative estimate of drug-likeness (QED) is 0.812. The Kier molecular flexibility index (Phi) is 4.66. The van der Waals surface area contributed by atoms with Crippen molar-refractivity contribution in [3.05, 3.63) is 0 Å². The van der Waals surface area contributed by atoms with Gasteiger partial charge in [-0.2, -0.15) is 0 Å². The van der Waals surface area contributed by atoms with E-state index < -0.39 is 5.97 Å². The molecule has 0 bridgehead atoms. The average molecular weight is 254 g/mol. The van der Waals surface area contributed by atoms with Gasteiger partial charge in [0.05, 0.1) is 17.6 Å². The van der Waals surface area contributed by atoms with Gasteiger partial charge in [0.25, 0.3) is 0 Å². The standard InChI is InChI=1S/C15H26O3/c1-2-6-12(14(16)17)11-13-7-10-15(18-13)8-4-3-5-9-15/h12-13H,2-11H2,1H3,(H,16,17). The van der Waals surface area contributed by atoms with Crippen molar-refractivity contribution >= 4 is 5.97 Å². The second-order valence-electron chi connectivity index (χ2n) is 6.08. The smallest absolute Gasteiger partial charge is 0.306 e. The number of rotatable bonds is 5. The van der Waals surface area contributed by atoms with E-state index >= 15 is 0 Å². The zero-order chi connectivity index (χ0) is 13.0. The summed E-state index contributed by atoms with van der Waals surface area (Å²) in [6.45, 7) is 2.05. The van der Waals surface area contributed by atoms with E-state index in [0.29, 0.717) is 6.42 Å². The lowest BCUT2D eigenvalue weighted by Gasteiger charge is -2.33. The Balaban J connectivity index is 1.86. The molecule has 1 heterocycles. The van der Waals surface area contributed by atoms with Crippen LogP contribution in [0.25, 0.3) is 0 Å². The Morgan fingerprint density at radius 1 is 1.33 bits per heavy atom. The summed E-state index contributed by atoms with van der Waals surface area (Å²) < 4.78 is 6.25. The predicted octanol–water partition coefficient (Wildman–Crippen LogP) is 3.76. The molecule has 3 heteroatoms. The Morgan fingerprint density at radius 3 is 2.67 bits per heavy atom. The molecule has 2 atom stereocenters. The minimum Gasteiger partial charge on any atom is -0.481 e. The lowest BCUT2D eigenvalue weighted by molar-refractivity contribution is -0.144. The van der Waals surface area contributed by atoms with Crippen molar-refractivity contribution in [2.75, 3.05) is 0 Å². The first kappa shape index (κ1) is 13.9. The summed E-state index contributed by atoms with van der Waals surface area (Å²) in [7, 11) is 0. The highest BCUT2D eigenvalue weighted by molar-refractivity contribution is 5.69. The van der Waals surface area contributed by atoms with Gasteiger partial charge >= 0.3 is 5.97 Å². The number of aliphatic carboxylic acids is 1. The second-order valence-corrected chi connectivity index (χ2v) is 6.08. The van der Waals surface area contributed by atoms with Crippen molar-refractivity contribution in [2.45, 2.75) is 82.8 Å². The predicted molar refractivity (Wildman–Crippen MR) is 70.6 cm³/mol. The summed E-state index contributed by atoms with van der Waals surface area (Å²) in [5.41, 5.74) is 0.123. The van der Waals surface area contributed by atoms with Crippen molar-refractivity contribution < 1.29 is 14.6 Å². The summed E-state index contributed by atoms with van der Waals surface area (Å²) in [5.74, 6) is -0.858. The monoisotopic (exact) mass is 254 g/mol. The lowest BCUT2D eigenvalue weighted by Crippen LogP contribution is -2.32. The molecule has 1 N–H and O–H groups in total. The molecule has 1 aliphatic carbocycles. The van der Waals surface area contributed by atoms with Crippen molar-refractivity contribution in [3.8, 4) is 0 Å². The van der Waals surface area contributed by atoms with E-state index in [1.54, 1.807) is 0 Å². The van der Waals surface area contributed by atoms with Gasteiger partial charge in [0.1, 0.15) is 0 Å². The maximum Gasteiger partial charge on any atom is 0.306 e. The number of carboxylic acid groups (broad SMARTS) is 1. The SMILES string of the molecule is CCCC(CC1CCC2(CCCCC2)O1)C(=O)O. The highest BCUT2D eigenvalue weighted by atomic mass is 16.5. The van der Waals surface area contributed by atoms with Crippen LogP contribution in [0.5, 0.6) is 0 Å². The van der Waals surface area contributed by atoms with Gasteiger partial charge in [-0.1, -0.05) is 32.6 Å².